The molecule has 0 amide bonds. The Hall–Kier alpha value is -4.17. The van der Waals surface area contributed by atoms with Gasteiger partial charge in [-0.25, -0.2) is 30.6 Å². The number of aromatic nitrogens is 2. The molecule has 0 radical (unpaired) electrons. The van der Waals surface area contributed by atoms with Crippen molar-refractivity contribution < 1.29 is 30.4 Å². The lowest BCUT2D eigenvalue weighted by Gasteiger charge is -2.12. The fourth-order valence-corrected chi connectivity index (χ4v) is 5.68. The number of hydrogen-bond donors (Lipinski definition) is 4. The van der Waals surface area contributed by atoms with Crippen LogP contribution in [0.4, 0.5) is 20.2 Å². The van der Waals surface area contributed by atoms with E-state index in [0.29, 0.717) is 11.1 Å². The van der Waals surface area contributed by atoms with Crippen LogP contribution in [0.2, 0.25) is 0 Å². The molecule has 14 heteroatoms. The zero-order valence-corrected chi connectivity index (χ0v) is 22.3. The van der Waals surface area contributed by atoms with E-state index in [-0.39, 0.29) is 40.0 Å². The molecule has 0 bridgehead atoms. The molecular formula is C25H23F2N5O5S2. The Morgan fingerprint density at radius 3 is 2.44 bits per heavy atom. The lowest BCUT2D eigenvalue weighted by atomic mass is 9.99. The smallest absolute Gasteiger partial charge is 0.232 e. The standard InChI is InChI=1S/C25H23F2N5O5S2/c1-3-8-39(36,37)32-21-7-5-19(26)22(23(21)27)24(33)18-13-30-25-17(18)10-16(12-29-25)14-4-6-20(15(9-14)11-28)31-38(2,34)35/h4-7,9-13,28,31-32H,3,8H2,1-2H3,(H,29,30). The number of carbonyl (C=O) groups is 1. The minimum absolute atomic E-state index is 0.103. The van der Waals surface area contributed by atoms with Crippen LogP contribution >= 0.6 is 0 Å². The number of nitrogens with zero attached hydrogens (tertiary/aromatic N) is 1. The van der Waals surface area contributed by atoms with Gasteiger partial charge in [0, 0.05) is 40.7 Å². The van der Waals surface area contributed by atoms with Crippen LogP contribution in [0.5, 0.6) is 0 Å². The number of carbonyl (C=O) groups excluding carboxylic acids is 1. The highest BCUT2D eigenvalue weighted by Crippen LogP contribution is 2.31. The van der Waals surface area contributed by atoms with Gasteiger partial charge in [-0.15, -0.1) is 0 Å². The maximum atomic E-state index is 15.2. The highest BCUT2D eigenvalue weighted by Gasteiger charge is 2.26. The SMILES string of the molecule is CCCS(=O)(=O)Nc1ccc(F)c(C(=O)c2c[nH]c3ncc(-c4ccc(NS(C)(=O)=O)c(C=N)c4)cc23)c1F. The largest absolute Gasteiger partial charge is 0.345 e. The number of halogens is 2. The third-order valence-corrected chi connectivity index (χ3v) is 7.74. The lowest BCUT2D eigenvalue weighted by molar-refractivity contribution is 0.103. The van der Waals surface area contributed by atoms with Crippen LogP contribution < -0.4 is 9.44 Å². The van der Waals surface area contributed by atoms with Crippen LogP contribution in [0.1, 0.15) is 34.8 Å². The fraction of sp³-hybridized carbons (Fsp3) is 0.160. The Morgan fingerprint density at radius 2 is 1.77 bits per heavy atom. The van der Waals surface area contributed by atoms with Gasteiger partial charge in [-0.05, 0) is 42.3 Å². The maximum absolute atomic E-state index is 15.2. The van der Waals surface area contributed by atoms with Crippen molar-refractivity contribution in [3.8, 4) is 11.1 Å². The first kappa shape index (κ1) is 27.9. The fourth-order valence-electron chi connectivity index (χ4n) is 3.96. The quantitative estimate of drug-likeness (QED) is 0.163. The van der Waals surface area contributed by atoms with E-state index in [9.17, 15) is 26.0 Å². The van der Waals surface area contributed by atoms with Crippen molar-refractivity contribution in [2.75, 3.05) is 21.5 Å². The number of rotatable bonds is 10. The number of ketones is 1. The van der Waals surface area contributed by atoms with E-state index in [1.807, 2.05) is 4.72 Å². The topological polar surface area (TPSA) is 162 Å². The summed E-state index contributed by atoms with van der Waals surface area (Å²) in [6.07, 6.45) is 4.95. The highest BCUT2D eigenvalue weighted by molar-refractivity contribution is 7.92. The van der Waals surface area contributed by atoms with Crippen molar-refractivity contribution in [2.45, 2.75) is 13.3 Å². The van der Waals surface area contributed by atoms with Crippen molar-refractivity contribution in [3.05, 3.63) is 77.1 Å². The summed E-state index contributed by atoms with van der Waals surface area (Å²) in [6, 6.07) is 7.88. The average molecular weight is 576 g/mol. The maximum Gasteiger partial charge on any atom is 0.232 e. The summed E-state index contributed by atoms with van der Waals surface area (Å²) in [6.45, 7) is 1.63. The Bertz CT molecular complexity index is 1840. The Balaban J connectivity index is 1.77. The number of pyridine rings is 1. The van der Waals surface area contributed by atoms with Gasteiger partial charge in [-0.3, -0.25) is 14.2 Å². The van der Waals surface area contributed by atoms with E-state index in [1.165, 1.54) is 18.5 Å². The molecule has 0 fully saturated rings. The molecular weight excluding hydrogens is 552 g/mol. The van der Waals surface area contributed by atoms with Crippen LogP contribution in [0.3, 0.4) is 0 Å². The summed E-state index contributed by atoms with van der Waals surface area (Å²) in [5.74, 6) is -3.82. The van der Waals surface area contributed by atoms with Gasteiger partial charge < -0.3 is 10.4 Å². The molecule has 2 heterocycles. The van der Waals surface area contributed by atoms with E-state index in [0.717, 1.165) is 24.6 Å². The van der Waals surface area contributed by atoms with Gasteiger partial charge in [-0.1, -0.05) is 13.0 Å². The van der Waals surface area contributed by atoms with Gasteiger partial charge in [0.2, 0.25) is 25.8 Å². The third-order valence-electron chi connectivity index (χ3n) is 5.67. The van der Waals surface area contributed by atoms with Gasteiger partial charge in [-0.2, -0.15) is 0 Å². The molecule has 204 valence electrons. The van der Waals surface area contributed by atoms with E-state index in [4.69, 9.17) is 5.41 Å². The predicted molar refractivity (Wildman–Crippen MR) is 145 cm³/mol. The second-order valence-electron chi connectivity index (χ2n) is 8.68. The molecule has 0 aliphatic rings. The molecule has 39 heavy (non-hydrogen) atoms. The zero-order chi connectivity index (χ0) is 28.5. The van der Waals surface area contributed by atoms with Crippen molar-refractivity contribution >= 4 is 54.5 Å². The van der Waals surface area contributed by atoms with E-state index >= 15 is 4.39 Å². The Labute approximate surface area is 223 Å². The molecule has 4 aromatic rings. The van der Waals surface area contributed by atoms with Crippen molar-refractivity contribution in [3.63, 3.8) is 0 Å². The first-order chi connectivity index (χ1) is 18.3. The number of aromatic amines is 1. The van der Waals surface area contributed by atoms with Crippen molar-refractivity contribution in [2.24, 2.45) is 0 Å². The molecule has 0 atom stereocenters. The molecule has 4 N–H and O–H groups in total. The Kier molecular flexibility index (Phi) is 7.52. The van der Waals surface area contributed by atoms with Gasteiger partial charge >= 0.3 is 0 Å². The predicted octanol–water partition coefficient (Wildman–Crippen LogP) is 4.26. The summed E-state index contributed by atoms with van der Waals surface area (Å²) < 4.78 is 81.8. The van der Waals surface area contributed by atoms with Crippen LogP contribution in [0, 0.1) is 17.0 Å². The Morgan fingerprint density at radius 1 is 1.05 bits per heavy atom. The monoisotopic (exact) mass is 575 g/mol. The minimum atomic E-state index is -3.90. The van der Waals surface area contributed by atoms with E-state index < -0.39 is 48.7 Å². The number of anilines is 2. The summed E-state index contributed by atoms with van der Waals surface area (Å²) in [5.41, 5.74) is 0.157. The molecule has 2 aromatic heterocycles. The summed E-state index contributed by atoms with van der Waals surface area (Å²) in [5, 5.41) is 7.88. The second kappa shape index (κ2) is 10.5. The van der Waals surface area contributed by atoms with Crippen molar-refractivity contribution in [1.29, 1.82) is 5.41 Å². The number of fused-ring (bicyclic) bond motifs is 1. The van der Waals surface area contributed by atoms with Gasteiger partial charge in [0.1, 0.15) is 11.5 Å². The van der Waals surface area contributed by atoms with Crippen LogP contribution in [0.15, 0.2) is 48.8 Å². The molecule has 0 saturated heterocycles. The molecule has 4 rings (SSSR count). The summed E-state index contributed by atoms with van der Waals surface area (Å²) in [7, 11) is -7.48. The normalized spacial score (nSPS) is 11.9. The molecule has 10 nitrogen and oxygen atoms in total. The average Bonchev–Trinajstić information content (AvgIpc) is 3.28. The number of H-pyrrole nitrogens is 1. The molecule has 0 saturated carbocycles. The minimum Gasteiger partial charge on any atom is -0.345 e. The first-order valence-electron chi connectivity index (χ1n) is 11.5. The lowest BCUT2D eigenvalue weighted by Crippen LogP contribution is -2.18. The molecule has 2 aromatic carbocycles. The van der Waals surface area contributed by atoms with Gasteiger partial charge in [0.15, 0.2) is 5.82 Å². The third kappa shape index (κ3) is 5.96. The number of sulfonamides is 2. The first-order valence-corrected chi connectivity index (χ1v) is 15.0. The van der Waals surface area contributed by atoms with Gasteiger partial charge in [0.25, 0.3) is 0 Å². The van der Waals surface area contributed by atoms with Crippen molar-refractivity contribution in [1.82, 2.24) is 9.97 Å². The summed E-state index contributed by atoms with van der Waals surface area (Å²) in [4.78, 5) is 20.4. The van der Waals surface area contributed by atoms with Crippen LogP contribution in [0.25, 0.3) is 22.2 Å². The highest BCUT2D eigenvalue weighted by atomic mass is 32.2. The molecule has 0 aliphatic heterocycles. The number of nitrogens with one attached hydrogen (secondary N) is 4. The van der Waals surface area contributed by atoms with Gasteiger partial charge in [0.05, 0.1) is 28.9 Å². The summed E-state index contributed by atoms with van der Waals surface area (Å²) >= 11 is 0. The van der Waals surface area contributed by atoms with E-state index in [2.05, 4.69) is 14.7 Å². The molecule has 0 unspecified atom stereocenters. The molecule has 0 aliphatic carbocycles. The number of benzene rings is 2. The number of hydrogen-bond acceptors (Lipinski definition) is 7. The molecule has 0 spiro atoms. The second-order valence-corrected chi connectivity index (χ2v) is 12.3. The van der Waals surface area contributed by atoms with E-state index in [1.54, 1.807) is 25.1 Å². The van der Waals surface area contributed by atoms with Crippen LogP contribution in [-0.2, 0) is 20.0 Å². The zero-order valence-electron chi connectivity index (χ0n) is 20.7. The van der Waals surface area contributed by atoms with Crippen LogP contribution in [-0.4, -0.2) is 50.8 Å².